The van der Waals surface area contributed by atoms with Crippen molar-refractivity contribution in [2.45, 2.75) is 52.6 Å². The van der Waals surface area contributed by atoms with E-state index in [4.69, 9.17) is 0 Å². The molecule has 0 bridgehead atoms. The summed E-state index contributed by atoms with van der Waals surface area (Å²) in [5.41, 5.74) is 3.05. The fraction of sp³-hybridized carbons (Fsp3) is 0.440. The third-order valence-electron chi connectivity index (χ3n) is 5.52. The van der Waals surface area contributed by atoms with E-state index < -0.39 is 0 Å². The summed E-state index contributed by atoms with van der Waals surface area (Å²) >= 11 is 0. The second kappa shape index (κ2) is 9.60. The molecule has 0 spiro atoms. The van der Waals surface area contributed by atoms with Crippen LogP contribution in [0.5, 0.6) is 0 Å². The van der Waals surface area contributed by atoms with Gasteiger partial charge in [0.1, 0.15) is 5.82 Å². The Kier molecular flexibility index (Phi) is 7.11. The first-order valence-electron chi connectivity index (χ1n) is 10.8. The molecule has 0 atom stereocenters. The summed E-state index contributed by atoms with van der Waals surface area (Å²) in [6.45, 7) is 10.5. The van der Waals surface area contributed by atoms with Crippen molar-refractivity contribution in [3.8, 4) is 0 Å². The Balaban J connectivity index is 1.58. The van der Waals surface area contributed by atoms with Crippen molar-refractivity contribution in [1.82, 2.24) is 10.2 Å². The Morgan fingerprint density at radius 1 is 1.06 bits per heavy atom. The van der Waals surface area contributed by atoms with Crippen LogP contribution in [0.15, 0.2) is 42.5 Å². The fourth-order valence-corrected chi connectivity index (χ4v) is 3.78. The third kappa shape index (κ3) is 6.62. The number of amides is 2. The minimum Gasteiger partial charge on any atom is -0.351 e. The molecule has 2 aromatic carbocycles. The highest BCUT2D eigenvalue weighted by molar-refractivity contribution is 6.04. The number of rotatable bonds is 5. The molecule has 31 heavy (non-hydrogen) atoms. The number of likely N-dealkylation sites (tertiary alicyclic amines) is 1. The highest BCUT2D eigenvalue weighted by Gasteiger charge is 2.27. The van der Waals surface area contributed by atoms with E-state index in [0.717, 1.165) is 49.3 Å². The van der Waals surface area contributed by atoms with E-state index >= 15 is 0 Å². The Hall–Kier alpha value is -2.73. The molecule has 2 amide bonds. The van der Waals surface area contributed by atoms with Gasteiger partial charge in [-0.3, -0.25) is 14.5 Å². The lowest BCUT2D eigenvalue weighted by atomic mass is 9.94. The molecule has 2 N–H and O–H groups in total. The molecule has 1 aliphatic rings. The standard InChI is InChI=1S/C25H32FN3O2/c1-17-5-6-18(15-22(17)27-23(30)19-7-9-21(26)10-8-19)16-29-13-11-20(12-14-29)24(31)28-25(2,3)4/h5-10,15,20H,11-14,16H2,1-4H3,(H,27,30)(H,28,31). The zero-order chi connectivity index (χ0) is 22.6. The van der Waals surface area contributed by atoms with Gasteiger partial charge >= 0.3 is 0 Å². The smallest absolute Gasteiger partial charge is 0.255 e. The van der Waals surface area contributed by atoms with Crippen molar-refractivity contribution in [3.05, 3.63) is 65.0 Å². The van der Waals surface area contributed by atoms with Gasteiger partial charge in [-0.05, 0) is 95.1 Å². The molecule has 1 fully saturated rings. The van der Waals surface area contributed by atoms with Gasteiger partial charge in [-0.2, -0.15) is 0 Å². The molecule has 0 saturated carbocycles. The molecule has 0 unspecified atom stereocenters. The summed E-state index contributed by atoms with van der Waals surface area (Å²) < 4.78 is 13.1. The number of halogens is 1. The molecule has 1 heterocycles. The van der Waals surface area contributed by atoms with Gasteiger partial charge in [-0.1, -0.05) is 12.1 Å². The molecule has 6 heteroatoms. The van der Waals surface area contributed by atoms with E-state index in [-0.39, 0.29) is 29.1 Å². The molecule has 0 aliphatic carbocycles. The summed E-state index contributed by atoms with van der Waals surface area (Å²) in [5.74, 6) is -0.410. The van der Waals surface area contributed by atoms with E-state index in [1.165, 1.54) is 24.3 Å². The highest BCUT2D eigenvalue weighted by atomic mass is 19.1. The summed E-state index contributed by atoms with van der Waals surface area (Å²) in [6.07, 6.45) is 1.70. The van der Waals surface area contributed by atoms with Crippen LogP contribution in [-0.2, 0) is 11.3 Å². The maximum absolute atomic E-state index is 13.1. The van der Waals surface area contributed by atoms with Gasteiger partial charge in [0, 0.05) is 29.3 Å². The largest absolute Gasteiger partial charge is 0.351 e. The van der Waals surface area contributed by atoms with Gasteiger partial charge in [-0.15, -0.1) is 0 Å². The molecule has 166 valence electrons. The normalized spacial score (nSPS) is 15.5. The number of piperidine rings is 1. The molecule has 3 rings (SSSR count). The van der Waals surface area contributed by atoms with E-state index in [0.29, 0.717) is 5.56 Å². The van der Waals surface area contributed by atoms with Crippen molar-refractivity contribution >= 4 is 17.5 Å². The molecule has 2 aromatic rings. The number of nitrogens with zero attached hydrogens (tertiary/aromatic N) is 1. The topological polar surface area (TPSA) is 61.4 Å². The van der Waals surface area contributed by atoms with Crippen LogP contribution in [0.25, 0.3) is 0 Å². The number of benzene rings is 2. The van der Waals surface area contributed by atoms with Crippen molar-refractivity contribution in [2.24, 2.45) is 5.92 Å². The number of carbonyl (C=O) groups excluding carboxylic acids is 2. The van der Waals surface area contributed by atoms with E-state index in [9.17, 15) is 14.0 Å². The van der Waals surface area contributed by atoms with Crippen LogP contribution in [0, 0.1) is 18.7 Å². The predicted octanol–water partition coefficient (Wildman–Crippen LogP) is 4.51. The van der Waals surface area contributed by atoms with Crippen LogP contribution in [0.1, 0.15) is 55.1 Å². The van der Waals surface area contributed by atoms with Gasteiger partial charge in [0.05, 0.1) is 0 Å². The lowest BCUT2D eigenvalue weighted by Gasteiger charge is -2.33. The predicted molar refractivity (Wildman–Crippen MR) is 121 cm³/mol. The first-order valence-corrected chi connectivity index (χ1v) is 10.8. The maximum atomic E-state index is 13.1. The summed E-state index contributed by atoms with van der Waals surface area (Å²) in [4.78, 5) is 27.2. The number of anilines is 1. The van der Waals surface area contributed by atoms with E-state index in [2.05, 4.69) is 21.6 Å². The first-order chi connectivity index (χ1) is 14.6. The van der Waals surface area contributed by atoms with Crippen LogP contribution < -0.4 is 10.6 Å². The zero-order valence-corrected chi connectivity index (χ0v) is 18.8. The summed E-state index contributed by atoms with van der Waals surface area (Å²) in [5, 5.41) is 6.02. The minimum atomic E-state index is -0.366. The number of carbonyl (C=O) groups is 2. The van der Waals surface area contributed by atoms with Gasteiger partial charge in [0.2, 0.25) is 5.91 Å². The molecule has 5 nitrogen and oxygen atoms in total. The summed E-state index contributed by atoms with van der Waals surface area (Å²) in [6, 6.07) is 11.6. The number of hydrogen-bond acceptors (Lipinski definition) is 3. The molecular formula is C25H32FN3O2. The SMILES string of the molecule is Cc1ccc(CN2CCC(C(=O)NC(C)(C)C)CC2)cc1NC(=O)c1ccc(F)cc1. The number of hydrogen-bond donors (Lipinski definition) is 2. The average Bonchev–Trinajstić information content (AvgIpc) is 2.70. The number of aryl methyl sites for hydroxylation is 1. The Morgan fingerprint density at radius 2 is 1.71 bits per heavy atom. The quantitative estimate of drug-likeness (QED) is 0.741. The van der Waals surface area contributed by atoms with Crippen LogP contribution in [-0.4, -0.2) is 35.3 Å². The fourth-order valence-electron chi connectivity index (χ4n) is 3.78. The first kappa shape index (κ1) is 22.9. The summed E-state index contributed by atoms with van der Waals surface area (Å²) in [7, 11) is 0. The van der Waals surface area contributed by atoms with Gasteiger partial charge in [0.25, 0.3) is 5.91 Å². The lowest BCUT2D eigenvalue weighted by molar-refractivity contribution is -0.127. The molecular weight excluding hydrogens is 393 g/mol. The molecule has 0 radical (unpaired) electrons. The average molecular weight is 426 g/mol. The Labute approximate surface area is 184 Å². The van der Waals surface area contributed by atoms with E-state index in [1.807, 2.05) is 39.8 Å². The maximum Gasteiger partial charge on any atom is 0.255 e. The highest BCUT2D eigenvalue weighted by Crippen LogP contribution is 2.23. The van der Waals surface area contributed by atoms with Crippen LogP contribution in [0.4, 0.5) is 10.1 Å². The van der Waals surface area contributed by atoms with Crippen LogP contribution in [0.2, 0.25) is 0 Å². The van der Waals surface area contributed by atoms with Crippen LogP contribution in [0.3, 0.4) is 0 Å². The van der Waals surface area contributed by atoms with Crippen molar-refractivity contribution < 1.29 is 14.0 Å². The van der Waals surface area contributed by atoms with Gasteiger partial charge in [-0.25, -0.2) is 4.39 Å². The van der Waals surface area contributed by atoms with Gasteiger partial charge in [0.15, 0.2) is 0 Å². The second-order valence-electron chi connectivity index (χ2n) is 9.40. The second-order valence-corrected chi connectivity index (χ2v) is 9.40. The Morgan fingerprint density at radius 3 is 2.32 bits per heavy atom. The number of nitrogens with one attached hydrogen (secondary N) is 2. The monoisotopic (exact) mass is 425 g/mol. The molecule has 1 saturated heterocycles. The lowest BCUT2D eigenvalue weighted by Crippen LogP contribution is -2.46. The van der Waals surface area contributed by atoms with Gasteiger partial charge < -0.3 is 10.6 Å². The van der Waals surface area contributed by atoms with Crippen molar-refractivity contribution in [2.75, 3.05) is 18.4 Å². The van der Waals surface area contributed by atoms with Crippen molar-refractivity contribution in [3.63, 3.8) is 0 Å². The molecule has 1 aliphatic heterocycles. The van der Waals surface area contributed by atoms with Crippen molar-refractivity contribution in [1.29, 1.82) is 0 Å². The molecule has 0 aromatic heterocycles. The minimum absolute atomic E-state index is 0.0686. The Bertz CT molecular complexity index is 927. The zero-order valence-electron chi connectivity index (χ0n) is 18.8. The van der Waals surface area contributed by atoms with Crippen LogP contribution >= 0.6 is 0 Å². The van der Waals surface area contributed by atoms with E-state index in [1.54, 1.807) is 0 Å². The third-order valence-corrected chi connectivity index (χ3v) is 5.52.